The van der Waals surface area contributed by atoms with Crippen LogP contribution in [0.2, 0.25) is 0 Å². The molecule has 0 spiro atoms. The quantitative estimate of drug-likeness (QED) is 0.316. The molecule has 1 aliphatic rings. The van der Waals surface area contributed by atoms with Crippen molar-refractivity contribution in [2.45, 2.75) is 13.2 Å². The molecule has 35 heavy (non-hydrogen) atoms. The fraction of sp³-hybridized carbons (Fsp3) is 0.160. The Bertz CT molecular complexity index is 1320. The zero-order valence-electron chi connectivity index (χ0n) is 18.8. The minimum atomic E-state index is -0.650. The predicted octanol–water partition coefficient (Wildman–Crippen LogP) is 5.03. The Hall–Kier alpha value is -4.05. The van der Waals surface area contributed by atoms with E-state index in [-0.39, 0.29) is 35.4 Å². The average Bonchev–Trinajstić information content (AvgIpc) is 3.43. The van der Waals surface area contributed by atoms with Gasteiger partial charge in [-0.1, -0.05) is 18.2 Å². The standard InChI is InChI=1S/C25H20FNO7S/c1-31-21-11-15(6-8-19(21)33-14-16-4-3-5-17(26)10-16)12-22-23(28)27(25(30)35-22)13-18-7-9-20(34-18)24(29)32-2/h3-12H,13-14H2,1-2H3/b22-12+. The third-order valence-electron chi connectivity index (χ3n) is 5.00. The number of ether oxygens (including phenoxy) is 3. The summed E-state index contributed by atoms with van der Waals surface area (Å²) in [5.41, 5.74) is 1.29. The number of esters is 1. The lowest BCUT2D eigenvalue weighted by atomic mass is 10.1. The number of carbonyl (C=O) groups is 3. The molecular weight excluding hydrogens is 477 g/mol. The van der Waals surface area contributed by atoms with E-state index in [0.29, 0.717) is 22.6 Å². The van der Waals surface area contributed by atoms with Crippen LogP contribution >= 0.6 is 11.8 Å². The van der Waals surface area contributed by atoms with Crippen LogP contribution in [-0.2, 0) is 22.7 Å². The Morgan fingerprint density at radius 3 is 2.66 bits per heavy atom. The number of hydrogen-bond acceptors (Lipinski definition) is 8. The summed E-state index contributed by atoms with van der Waals surface area (Å²) < 4.78 is 34.5. The molecule has 3 aromatic rings. The van der Waals surface area contributed by atoms with Crippen molar-refractivity contribution in [3.63, 3.8) is 0 Å². The van der Waals surface area contributed by atoms with Gasteiger partial charge in [-0.3, -0.25) is 14.5 Å². The predicted molar refractivity (Wildman–Crippen MR) is 125 cm³/mol. The Morgan fingerprint density at radius 2 is 1.91 bits per heavy atom. The molecule has 0 saturated carbocycles. The number of thioether (sulfide) groups is 1. The summed E-state index contributed by atoms with van der Waals surface area (Å²) in [5.74, 6) is -0.365. The first-order chi connectivity index (χ1) is 16.9. The molecule has 0 radical (unpaired) electrons. The summed E-state index contributed by atoms with van der Waals surface area (Å²) >= 11 is 0.798. The van der Waals surface area contributed by atoms with E-state index in [1.807, 2.05) is 0 Å². The molecule has 1 saturated heterocycles. The fourth-order valence-corrected chi connectivity index (χ4v) is 4.14. The number of nitrogens with zero attached hydrogens (tertiary/aromatic N) is 1. The molecule has 2 aromatic carbocycles. The van der Waals surface area contributed by atoms with Crippen molar-refractivity contribution in [3.8, 4) is 11.5 Å². The van der Waals surface area contributed by atoms with Crippen molar-refractivity contribution in [1.29, 1.82) is 0 Å². The minimum absolute atomic E-state index is 0.0168. The summed E-state index contributed by atoms with van der Waals surface area (Å²) in [6, 6.07) is 14.1. The second kappa shape index (κ2) is 10.5. The molecule has 2 amide bonds. The zero-order chi connectivity index (χ0) is 24.9. The van der Waals surface area contributed by atoms with E-state index in [1.54, 1.807) is 36.4 Å². The van der Waals surface area contributed by atoms with E-state index in [2.05, 4.69) is 4.74 Å². The largest absolute Gasteiger partial charge is 0.493 e. The third kappa shape index (κ3) is 5.55. The van der Waals surface area contributed by atoms with E-state index in [1.165, 1.54) is 38.5 Å². The summed E-state index contributed by atoms with van der Waals surface area (Å²) in [6.07, 6.45) is 1.58. The van der Waals surface area contributed by atoms with Gasteiger partial charge in [0.05, 0.1) is 25.7 Å². The zero-order valence-corrected chi connectivity index (χ0v) is 19.6. The highest BCUT2D eigenvalue weighted by atomic mass is 32.2. The summed E-state index contributed by atoms with van der Waals surface area (Å²) in [7, 11) is 2.71. The molecule has 0 N–H and O–H groups in total. The van der Waals surface area contributed by atoms with Crippen LogP contribution in [0.4, 0.5) is 9.18 Å². The molecule has 1 fully saturated rings. The van der Waals surface area contributed by atoms with Gasteiger partial charge in [-0.05, 0) is 65.4 Å². The van der Waals surface area contributed by atoms with Crippen molar-refractivity contribution >= 4 is 35.0 Å². The Labute approximate surface area is 204 Å². The lowest BCUT2D eigenvalue weighted by Crippen LogP contribution is -2.27. The van der Waals surface area contributed by atoms with Gasteiger partial charge in [0.1, 0.15) is 18.2 Å². The third-order valence-corrected chi connectivity index (χ3v) is 5.91. The van der Waals surface area contributed by atoms with Crippen molar-refractivity contribution in [2.24, 2.45) is 0 Å². The lowest BCUT2D eigenvalue weighted by Gasteiger charge is -2.12. The Balaban J connectivity index is 1.46. The second-order valence-electron chi connectivity index (χ2n) is 7.35. The van der Waals surface area contributed by atoms with Crippen LogP contribution in [0.15, 0.2) is 63.9 Å². The van der Waals surface area contributed by atoms with Gasteiger partial charge in [-0.2, -0.15) is 0 Å². The Morgan fingerprint density at radius 1 is 1.09 bits per heavy atom. The molecular formula is C25H20FNO7S. The maximum Gasteiger partial charge on any atom is 0.373 e. The van der Waals surface area contributed by atoms with Crippen LogP contribution in [0, 0.1) is 5.82 Å². The molecule has 1 aromatic heterocycles. The van der Waals surface area contributed by atoms with Crippen LogP contribution in [0.5, 0.6) is 11.5 Å². The smallest absolute Gasteiger partial charge is 0.373 e. The molecule has 10 heteroatoms. The van der Waals surface area contributed by atoms with Crippen molar-refractivity contribution in [2.75, 3.05) is 14.2 Å². The van der Waals surface area contributed by atoms with Gasteiger partial charge in [-0.25, -0.2) is 9.18 Å². The molecule has 4 rings (SSSR count). The van der Waals surface area contributed by atoms with Crippen LogP contribution in [-0.4, -0.2) is 36.2 Å². The minimum Gasteiger partial charge on any atom is -0.493 e. The van der Waals surface area contributed by atoms with Crippen LogP contribution < -0.4 is 9.47 Å². The average molecular weight is 498 g/mol. The molecule has 8 nitrogen and oxygen atoms in total. The molecule has 0 unspecified atom stereocenters. The number of rotatable bonds is 8. The van der Waals surface area contributed by atoms with Crippen molar-refractivity contribution < 1.29 is 37.4 Å². The lowest BCUT2D eigenvalue weighted by molar-refractivity contribution is -0.123. The topological polar surface area (TPSA) is 95.3 Å². The number of furan rings is 1. The van der Waals surface area contributed by atoms with Gasteiger partial charge >= 0.3 is 5.97 Å². The molecule has 0 atom stereocenters. The van der Waals surface area contributed by atoms with E-state index < -0.39 is 17.1 Å². The summed E-state index contributed by atoms with van der Waals surface area (Å²) in [4.78, 5) is 38.1. The SMILES string of the molecule is COC(=O)c1ccc(CN2C(=O)S/C(=C/c3ccc(OCc4cccc(F)c4)c(OC)c3)C2=O)o1. The number of hydrogen-bond donors (Lipinski definition) is 0. The number of carbonyl (C=O) groups excluding carboxylic acids is 3. The number of benzene rings is 2. The molecule has 2 heterocycles. The molecule has 180 valence electrons. The molecule has 1 aliphatic heterocycles. The first kappa shape index (κ1) is 24.1. The van der Waals surface area contributed by atoms with Gasteiger partial charge in [0.15, 0.2) is 11.5 Å². The van der Waals surface area contributed by atoms with Gasteiger partial charge in [0.2, 0.25) is 5.76 Å². The van der Waals surface area contributed by atoms with Crippen molar-refractivity contribution in [3.05, 3.63) is 88.0 Å². The summed E-state index contributed by atoms with van der Waals surface area (Å²) in [5, 5.41) is -0.459. The van der Waals surface area contributed by atoms with Crippen LogP contribution in [0.1, 0.15) is 27.4 Å². The van der Waals surface area contributed by atoms with Gasteiger partial charge in [0.25, 0.3) is 11.1 Å². The monoisotopic (exact) mass is 497 g/mol. The maximum absolute atomic E-state index is 13.4. The first-order valence-electron chi connectivity index (χ1n) is 10.4. The number of methoxy groups -OCH3 is 2. The van der Waals surface area contributed by atoms with Gasteiger partial charge in [-0.15, -0.1) is 0 Å². The summed E-state index contributed by atoms with van der Waals surface area (Å²) in [6.45, 7) is 0.0337. The highest BCUT2D eigenvalue weighted by Crippen LogP contribution is 2.35. The van der Waals surface area contributed by atoms with E-state index in [0.717, 1.165) is 16.7 Å². The second-order valence-corrected chi connectivity index (χ2v) is 8.35. The molecule has 0 bridgehead atoms. The highest BCUT2D eigenvalue weighted by molar-refractivity contribution is 8.18. The highest BCUT2D eigenvalue weighted by Gasteiger charge is 2.35. The first-order valence-corrected chi connectivity index (χ1v) is 11.2. The maximum atomic E-state index is 13.4. The number of halogens is 1. The van der Waals surface area contributed by atoms with Gasteiger partial charge in [0, 0.05) is 0 Å². The molecule has 0 aliphatic carbocycles. The Kier molecular flexibility index (Phi) is 7.21. The van der Waals surface area contributed by atoms with Crippen LogP contribution in [0.3, 0.4) is 0 Å². The normalized spacial score (nSPS) is 14.5. The fourth-order valence-electron chi connectivity index (χ4n) is 3.30. The van der Waals surface area contributed by atoms with E-state index in [9.17, 15) is 18.8 Å². The van der Waals surface area contributed by atoms with Gasteiger partial charge < -0.3 is 18.6 Å². The van der Waals surface area contributed by atoms with Crippen LogP contribution in [0.25, 0.3) is 6.08 Å². The van der Waals surface area contributed by atoms with E-state index >= 15 is 0 Å². The number of imide groups is 1. The van der Waals surface area contributed by atoms with Crippen molar-refractivity contribution in [1.82, 2.24) is 4.90 Å². The number of amides is 2. The van der Waals surface area contributed by atoms with E-state index in [4.69, 9.17) is 13.9 Å².